The lowest BCUT2D eigenvalue weighted by Gasteiger charge is -2.02. The average molecular weight is 386 g/mol. The first-order valence-electron chi connectivity index (χ1n) is 8.01. The van der Waals surface area contributed by atoms with Crippen LogP contribution in [-0.2, 0) is 6.42 Å². The Morgan fingerprint density at radius 3 is 3.08 bits per heavy atom. The Labute approximate surface area is 156 Å². The molecule has 130 valence electrons. The van der Waals surface area contributed by atoms with E-state index in [0.29, 0.717) is 33.6 Å². The van der Waals surface area contributed by atoms with E-state index in [4.69, 9.17) is 20.8 Å². The van der Waals surface area contributed by atoms with Crippen molar-refractivity contribution in [2.45, 2.75) is 13.3 Å². The molecule has 0 radical (unpaired) electrons. The molecule has 6 nitrogen and oxygen atoms in total. The molecule has 0 saturated heterocycles. The van der Waals surface area contributed by atoms with Gasteiger partial charge in [0, 0.05) is 27.8 Å². The smallest absolute Gasteiger partial charge is 0.345 e. The summed E-state index contributed by atoms with van der Waals surface area (Å²) in [5.41, 5.74) is 3.04. The Morgan fingerprint density at radius 1 is 1.31 bits per heavy atom. The minimum absolute atomic E-state index is 0.392. The first-order chi connectivity index (χ1) is 12.6. The molecule has 5 rings (SSSR count). The van der Waals surface area contributed by atoms with Gasteiger partial charge >= 0.3 is 5.63 Å². The van der Waals surface area contributed by atoms with Crippen molar-refractivity contribution in [3.05, 3.63) is 56.3 Å². The molecule has 1 aliphatic heterocycles. The fourth-order valence-electron chi connectivity index (χ4n) is 3.11. The zero-order valence-corrected chi connectivity index (χ0v) is 15.2. The van der Waals surface area contributed by atoms with Crippen molar-refractivity contribution in [3.8, 4) is 22.3 Å². The van der Waals surface area contributed by atoms with Crippen LogP contribution in [0.15, 0.2) is 38.9 Å². The highest BCUT2D eigenvalue weighted by molar-refractivity contribution is 7.12. The molecular weight excluding hydrogens is 374 g/mol. The Morgan fingerprint density at radius 2 is 2.19 bits per heavy atom. The summed E-state index contributed by atoms with van der Waals surface area (Å²) < 4.78 is 12.8. The van der Waals surface area contributed by atoms with Gasteiger partial charge in [0.15, 0.2) is 0 Å². The molecule has 0 spiro atoms. The first kappa shape index (κ1) is 15.6. The topological polar surface area (TPSA) is 70.2 Å². The van der Waals surface area contributed by atoms with E-state index in [9.17, 15) is 4.79 Å². The number of hydrogen-bond acceptors (Lipinski definition) is 6. The molecule has 3 aromatic heterocycles. The van der Waals surface area contributed by atoms with E-state index < -0.39 is 5.63 Å². The van der Waals surface area contributed by atoms with E-state index in [2.05, 4.69) is 10.1 Å². The monoisotopic (exact) mass is 385 g/mol. The Bertz CT molecular complexity index is 1220. The highest BCUT2D eigenvalue weighted by Crippen LogP contribution is 2.33. The molecule has 0 N–H and O–H groups in total. The number of aryl methyl sites for hydroxylation is 1. The van der Waals surface area contributed by atoms with E-state index in [1.807, 2.05) is 12.3 Å². The van der Waals surface area contributed by atoms with Crippen LogP contribution in [0.5, 0.6) is 5.88 Å². The summed E-state index contributed by atoms with van der Waals surface area (Å²) in [6, 6.07) is 6.88. The van der Waals surface area contributed by atoms with Gasteiger partial charge in [-0.05, 0) is 31.2 Å². The Kier molecular flexibility index (Phi) is 3.41. The van der Waals surface area contributed by atoms with Crippen LogP contribution in [-0.4, -0.2) is 21.4 Å². The molecule has 0 saturated carbocycles. The van der Waals surface area contributed by atoms with Crippen molar-refractivity contribution in [3.63, 3.8) is 0 Å². The third-order valence-corrected chi connectivity index (χ3v) is 5.42. The Balaban J connectivity index is 1.63. The fraction of sp³-hybridized carbons (Fsp3) is 0.167. The van der Waals surface area contributed by atoms with Crippen molar-refractivity contribution in [2.75, 3.05) is 6.61 Å². The van der Waals surface area contributed by atoms with E-state index in [0.717, 1.165) is 28.9 Å². The SMILES string of the molecule is Cc1nn(-c2nc(-c3cc4cc(Cl)ccc4oc3=O)cs2)c2c1CCO2. The predicted octanol–water partition coefficient (Wildman–Crippen LogP) is 4.00. The highest BCUT2D eigenvalue weighted by atomic mass is 35.5. The third kappa shape index (κ3) is 2.35. The van der Waals surface area contributed by atoms with Crippen molar-refractivity contribution < 1.29 is 9.15 Å². The summed E-state index contributed by atoms with van der Waals surface area (Å²) in [5, 5.41) is 8.31. The number of ether oxygens (including phenoxy) is 1. The average Bonchev–Trinajstić information content (AvgIpc) is 3.33. The molecule has 1 aliphatic rings. The van der Waals surface area contributed by atoms with Gasteiger partial charge in [0.25, 0.3) is 0 Å². The lowest BCUT2D eigenvalue weighted by atomic mass is 10.1. The maximum absolute atomic E-state index is 12.4. The van der Waals surface area contributed by atoms with Gasteiger partial charge in [0.05, 0.1) is 23.6 Å². The normalized spacial score (nSPS) is 13.2. The number of benzene rings is 1. The van der Waals surface area contributed by atoms with Crippen LogP contribution in [0.4, 0.5) is 0 Å². The van der Waals surface area contributed by atoms with Crippen molar-refractivity contribution in [1.82, 2.24) is 14.8 Å². The molecule has 0 amide bonds. The lowest BCUT2D eigenvalue weighted by Crippen LogP contribution is -2.04. The molecule has 4 aromatic rings. The second-order valence-corrected chi connectivity index (χ2v) is 7.30. The summed E-state index contributed by atoms with van der Waals surface area (Å²) in [4.78, 5) is 17.0. The maximum Gasteiger partial charge on any atom is 0.345 e. The summed E-state index contributed by atoms with van der Waals surface area (Å²) in [5.74, 6) is 0.737. The molecule has 0 fully saturated rings. The molecule has 0 unspecified atom stereocenters. The second kappa shape index (κ2) is 5.69. The van der Waals surface area contributed by atoms with E-state index in [1.54, 1.807) is 28.9 Å². The van der Waals surface area contributed by atoms with Gasteiger partial charge in [-0.1, -0.05) is 11.6 Å². The van der Waals surface area contributed by atoms with Crippen LogP contribution in [0.1, 0.15) is 11.3 Å². The van der Waals surface area contributed by atoms with Crippen LogP contribution in [0.25, 0.3) is 27.4 Å². The van der Waals surface area contributed by atoms with Crippen molar-refractivity contribution in [2.24, 2.45) is 0 Å². The quantitative estimate of drug-likeness (QED) is 0.488. The van der Waals surface area contributed by atoms with Gasteiger partial charge in [0.1, 0.15) is 5.58 Å². The van der Waals surface area contributed by atoms with Gasteiger partial charge < -0.3 is 9.15 Å². The Hall–Kier alpha value is -2.64. The van der Waals surface area contributed by atoms with Gasteiger partial charge in [-0.25, -0.2) is 9.78 Å². The molecular formula is C18H12ClN3O3S. The number of fused-ring (bicyclic) bond motifs is 2. The number of aromatic nitrogens is 3. The molecule has 1 aromatic carbocycles. The molecule has 0 atom stereocenters. The molecule has 0 aliphatic carbocycles. The summed E-state index contributed by atoms with van der Waals surface area (Å²) >= 11 is 7.44. The number of hydrogen-bond donors (Lipinski definition) is 0. The first-order valence-corrected chi connectivity index (χ1v) is 9.27. The lowest BCUT2D eigenvalue weighted by molar-refractivity contribution is 0.331. The van der Waals surface area contributed by atoms with E-state index in [-0.39, 0.29) is 0 Å². The van der Waals surface area contributed by atoms with Gasteiger partial charge in [-0.15, -0.1) is 11.3 Å². The van der Waals surface area contributed by atoms with Crippen molar-refractivity contribution in [1.29, 1.82) is 0 Å². The summed E-state index contributed by atoms with van der Waals surface area (Å²) in [6.07, 6.45) is 0.856. The third-order valence-electron chi connectivity index (χ3n) is 4.37. The summed E-state index contributed by atoms with van der Waals surface area (Å²) in [7, 11) is 0. The second-order valence-electron chi connectivity index (χ2n) is 6.02. The standard InChI is InChI=1S/C18H12ClN3O3S/c1-9-12-4-5-24-16(12)22(21-9)18-20-14(8-26-18)13-7-10-6-11(19)2-3-15(10)25-17(13)23/h2-3,6-8H,4-5H2,1H3. The highest BCUT2D eigenvalue weighted by Gasteiger charge is 2.24. The largest absolute Gasteiger partial charge is 0.477 e. The zero-order chi connectivity index (χ0) is 17.8. The number of nitrogens with zero attached hydrogens (tertiary/aromatic N) is 3. The minimum Gasteiger partial charge on any atom is -0.477 e. The number of thiazole rings is 1. The summed E-state index contributed by atoms with van der Waals surface area (Å²) in [6.45, 7) is 2.61. The van der Waals surface area contributed by atoms with E-state index in [1.165, 1.54) is 11.3 Å². The minimum atomic E-state index is -0.435. The van der Waals surface area contributed by atoms with Crippen LogP contribution in [0.3, 0.4) is 0 Å². The predicted molar refractivity (Wildman–Crippen MR) is 99.7 cm³/mol. The van der Waals surface area contributed by atoms with Crippen LogP contribution in [0, 0.1) is 6.92 Å². The molecule has 0 bridgehead atoms. The number of halogens is 1. The van der Waals surface area contributed by atoms with Gasteiger partial charge in [-0.3, -0.25) is 0 Å². The molecule has 8 heteroatoms. The van der Waals surface area contributed by atoms with Gasteiger partial charge in [-0.2, -0.15) is 9.78 Å². The van der Waals surface area contributed by atoms with Crippen LogP contribution >= 0.6 is 22.9 Å². The van der Waals surface area contributed by atoms with Gasteiger partial charge in [0.2, 0.25) is 11.0 Å². The fourth-order valence-corrected chi connectivity index (χ4v) is 4.06. The van der Waals surface area contributed by atoms with Crippen LogP contribution < -0.4 is 10.4 Å². The zero-order valence-electron chi connectivity index (χ0n) is 13.7. The molecule has 26 heavy (non-hydrogen) atoms. The maximum atomic E-state index is 12.4. The molecule has 4 heterocycles. The van der Waals surface area contributed by atoms with Crippen LogP contribution in [0.2, 0.25) is 5.02 Å². The number of rotatable bonds is 2. The van der Waals surface area contributed by atoms with E-state index >= 15 is 0 Å². The van der Waals surface area contributed by atoms with Crippen molar-refractivity contribution >= 4 is 33.9 Å².